The van der Waals surface area contributed by atoms with Crippen molar-refractivity contribution in [3.63, 3.8) is 0 Å². The summed E-state index contributed by atoms with van der Waals surface area (Å²) in [7, 11) is 0. The van der Waals surface area contributed by atoms with Gasteiger partial charge in [0, 0.05) is 23.4 Å². The zero-order valence-electron chi connectivity index (χ0n) is 14.0. The van der Waals surface area contributed by atoms with Crippen LogP contribution in [0, 0.1) is 0 Å². The molecule has 23 heavy (non-hydrogen) atoms. The maximum Gasteiger partial charge on any atom is 0.235 e. The van der Waals surface area contributed by atoms with Gasteiger partial charge in [-0.15, -0.1) is 11.3 Å². The first-order valence-electron chi connectivity index (χ1n) is 8.36. The SMILES string of the molecule is CCN(CC)C(=O)C(C)Sc1ncnc2sc3c(c12)CCCC3. The molecule has 1 unspecified atom stereocenters. The molecule has 1 aliphatic carbocycles. The third-order valence-corrected chi connectivity index (χ3v) is 6.72. The lowest BCUT2D eigenvalue weighted by Crippen LogP contribution is -2.36. The Kier molecular flexibility index (Phi) is 5.21. The topological polar surface area (TPSA) is 46.1 Å². The van der Waals surface area contributed by atoms with E-state index in [2.05, 4.69) is 9.97 Å². The van der Waals surface area contributed by atoms with Crippen LogP contribution in [0.2, 0.25) is 0 Å². The Bertz CT molecular complexity index is 709. The van der Waals surface area contributed by atoms with Crippen molar-refractivity contribution in [3.05, 3.63) is 16.8 Å². The van der Waals surface area contributed by atoms with Gasteiger partial charge in [0.05, 0.1) is 5.25 Å². The quantitative estimate of drug-likeness (QED) is 0.606. The van der Waals surface area contributed by atoms with Gasteiger partial charge in [0.25, 0.3) is 0 Å². The lowest BCUT2D eigenvalue weighted by Gasteiger charge is -2.22. The van der Waals surface area contributed by atoms with Gasteiger partial charge in [0.15, 0.2) is 0 Å². The number of thiophene rings is 1. The predicted octanol–water partition coefficient (Wildman–Crippen LogP) is 3.92. The molecule has 0 saturated heterocycles. The number of aryl methyl sites for hydroxylation is 2. The highest BCUT2D eigenvalue weighted by atomic mass is 32.2. The number of carbonyl (C=O) groups excluding carboxylic acids is 1. The van der Waals surface area contributed by atoms with E-state index in [0.29, 0.717) is 0 Å². The smallest absolute Gasteiger partial charge is 0.235 e. The van der Waals surface area contributed by atoms with Gasteiger partial charge in [-0.05, 0) is 52.0 Å². The molecule has 6 heteroatoms. The molecule has 2 aromatic rings. The van der Waals surface area contributed by atoms with Crippen LogP contribution in [0.5, 0.6) is 0 Å². The van der Waals surface area contributed by atoms with Crippen LogP contribution in [0.25, 0.3) is 10.2 Å². The zero-order valence-corrected chi connectivity index (χ0v) is 15.6. The summed E-state index contributed by atoms with van der Waals surface area (Å²) in [5.41, 5.74) is 1.43. The second-order valence-electron chi connectivity index (χ2n) is 5.84. The van der Waals surface area contributed by atoms with Crippen molar-refractivity contribution < 1.29 is 4.79 Å². The molecule has 0 bridgehead atoms. The van der Waals surface area contributed by atoms with Crippen molar-refractivity contribution >= 4 is 39.2 Å². The van der Waals surface area contributed by atoms with Gasteiger partial charge in [-0.3, -0.25) is 4.79 Å². The summed E-state index contributed by atoms with van der Waals surface area (Å²) in [6, 6.07) is 0. The third kappa shape index (κ3) is 3.24. The number of aromatic nitrogens is 2. The molecule has 1 atom stereocenters. The number of fused-ring (bicyclic) bond motifs is 3. The van der Waals surface area contributed by atoms with Crippen LogP contribution < -0.4 is 0 Å². The summed E-state index contributed by atoms with van der Waals surface area (Å²) in [6.07, 6.45) is 6.43. The van der Waals surface area contributed by atoms with Gasteiger partial charge in [0.1, 0.15) is 16.2 Å². The molecule has 4 nitrogen and oxygen atoms in total. The van der Waals surface area contributed by atoms with E-state index in [0.717, 1.165) is 35.8 Å². The number of rotatable bonds is 5. The molecule has 0 spiro atoms. The maximum absolute atomic E-state index is 12.5. The zero-order chi connectivity index (χ0) is 16.4. The minimum Gasteiger partial charge on any atom is -0.342 e. The molecular weight excluding hydrogens is 326 g/mol. The summed E-state index contributed by atoms with van der Waals surface area (Å²) >= 11 is 3.39. The van der Waals surface area contributed by atoms with Crippen LogP contribution in [0.3, 0.4) is 0 Å². The van der Waals surface area contributed by atoms with E-state index >= 15 is 0 Å². The van der Waals surface area contributed by atoms with Crippen LogP contribution in [0.15, 0.2) is 11.4 Å². The summed E-state index contributed by atoms with van der Waals surface area (Å²) in [5.74, 6) is 0.191. The molecule has 0 aliphatic heterocycles. The molecule has 1 amide bonds. The van der Waals surface area contributed by atoms with Crippen molar-refractivity contribution in [1.82, 2.24) is 14.9 Å². The minimum atomic E-state index is -0.118. The lowest BCUT2D eigenvalue weighted by molar-refractivity contribution is -0.129. The minimum absolute atomic E-state index is 0.118. The average Bonchev–Trinajstić information content (AvgIpc) is 2.95. The van der Waals surface area contributed by atoms with Crippen LogP contribution in [-0.4, -0.2) is 39.1 Å². The Balaban J connectivity index is 1.91. The van der Waals surface area contributed by atoms with Crippen LogP contribution in [-0.2, 0) is 17.6 Å². The molecule has 0 saturated carbocycles. The summed E-state index contributed by atoms with van der Waals surface area (Å²) in [5, 5.41) is 2.06. The highest BCUT2D eigenvalue weighted by molar-refractivity contribution is 8.00. The lowest BCUT2D eigenvalue weighted by atomic mass is 9.97. The fourth-order valence-electron chi connectivity index (χ4n) is 3.16. The molecule has 0 fully saturated rings. The number of nitrogens with zero attached hydrogens (tertiary/aromatic N) is 3. The number of carbonyl (C=O) groups is 1. The Labute approximate surface area is 145 Å². The van der Waals surface area contributed by atoms with Crippen molar-refractivity contribution in [2.45, 2.75) is 56.7 Å². The molecular formula is C17H23N3OS2. The standard InChI is InChI=1S/C17H23N3OS2/c1-4-20(5-2)17(21)11(3)22-15-14-12-8-6-7-9-13(12)23-16(14)19-10-18-15/h10-11H,4-9H2,1-3H3. The normalized spacial score (nSPS) is 15.4. The molecule has 2 heterocycles. The van der Waals surface area contributed by atoms with Crippen molar-refractivity contribution in [1.29, 1.82) is 0 Å². The van der Waals surface area contributed by atoms with Crippen molar-refractivity contribution in [2.24, 2.45) is 0 Å². The molecule has 1 aliphatic rings. The van der Waals surface area contributed by atoms with Crippen LogP contribution in [0.1, 0.15) is 44.1 Å². The van der Waals surface area contributed by atoms with Crippen molar-refractivity contribution in [2.75, 3.05) is 13.1 Å². The first kappa shape index (κ1) is 16.7. The maximum atomic E-state index is 12.5. The second-order valence-corrected chi connectivity index (χ2v) is 8.25. The highest BCUT2D eigenvalue weighted by Gasteiger charge is 2.24. The first-order chi connectivity index (χ1) is 11.2. The number of thioether (sulfide) groups is 1. The van der Waals surface area contributed by atoms with Gasteiger partial charge in [0.2, 0.25) is 5.91 Å². The monoisotopic (exact) mass is 349 g/mol. The van der Waals surface area contributed by atoms with Crippen LogP contribution in [0.4, 0.5) is 0 Å². The van der Waals surface area contributed by atoms with Gasteiger partial charge in [-0.1, -0.05) is 11.8 Å². The van der Waals surface area contributed by atoms with Gasteiger partial charge in [-0.25, -0.2) is 9.97 Å². The third-order valence-electron chi connectivity index (χ3n) is 4.43. The van der Waals surface area contributed by atoms with Gasteiger partial charge >= 0.3 is 0 Å². The number of hydrogen-bond donors (Lipinski definition) is 0. The van der Waals surface area contributed by atoms with E-state index in [4.69, 9.17) is 0 Å². The van der Waals surface area contributed by atoms with Crippen molar-refractivity contribution in [3.8, 4) is 0 Å². The summed E-state index contributed by atoms with van der Waals surface area (Å²) in [4.78, 5) is 25.9. The van der Waals surface area contributed by atoms with E-state index in [1.54, 1.807) is 29.4 Å². The Morgan fingerprint density at radius 2 is 2.04 bits per heavy atom. The Morgan fingerprint density at radius 3 is 2.78 bits per heavy atom. The molecule has 124 valence electrons. The number of amides is 1. The van der Waals surface area contributed by atoms with Crippen LogP contribution >= 0.6 is 23.1 Å². The van der Waals surface area contributed by atoms with E-state index in [1.807, 2.05) is 25.7 Å². The van der Waals surface area contributed by atoms with E-state index in [9.17, 15) is 4.79 Å². The van der Waals surface area contributed by atoms with Gasteiger partial charge in [-0.2, -0.15) is 0 Å². The largest absolute Gasteiger partial charge is 0.342 e. The van der Waals surface area contributed by atoms with E-state index in [-0.39, 0.29) is 11.2 Å². The highest BCUT2D eigenvalue weighted by Crippen LogP contribution is 2.40. The van der Waals surface area contributed by atoms with E-state index in [1.165, 1.54) is 28.7 Å². The summed E-state index contributed by atoms with van der Waals surface area (Å²) < 4.78 is 0. The second kappa shape index (κ2) is 7.18. The summed E-state index contributed by atoms with van der Waals surface area (Å²) in [6.45, 7) is 7.55. The molecule has 3 rings (SSSR count). The average molecular weight is 350 g/mol. The van der Waals surface area contributed by atoms with E-state index < -0.39 is 0 Å². The molecule has 2 aromatic heterocycles. The molecule has 0 radical (unpaired) electrons. The predicted molar refractivity (Wildman–Crippen MR) is 97.3 cm³/mol. The molecule has 0 aromatic carbocycles. The fraction of sp³-hybridized carbons (Fsp3) is 0.588. The Hall–Kier alpha value is -1.14. The number of hydrogen-bond acceptors (Lipinski definition) is 5. The fourth-order valence-corrected chi connectivity index (χ4v) is 5.48. The van der Waals surface area contributed by atoms with Gasteiger partial charge < -0.3 is 4.90 Å². The Morgan fingerprint density at radius 1 is 1.30 bits per heavy atom. The molecule has 0 N–H and O–H groups in total. The first-order valence-corrected chi connectivity index (χ1v) is 10.1.